The highest BCUT2D eigenvalue weighted by Crippen LogP contribution is 2.25. The number of aromatic amines is 1. The fourth-order valence-corrected chi connectivity index (χ4v) is 6.50. The van der Waals surface area contributed by atoms with Crippen molar-refractivity contribution in [2.75, 3.05) is 0 Å². The Balaban J connectivity index is 0.000000446. The molecule has 0 fully saturated rings. The molecule has 0 spiro atoms. The van der Waals surface area contributed by atoms with Crippen molar-refractivity contribution in [1.29, 1.82) is 0 Å². The number of pyridine rings is 1. The molecule has 7 aromatic heterocycles. The standard InChI is InChI=1S/C10H14.C9H13N.C8H14N2.C8H12N2.C8H13NO.C7H11NO.C7H11NS.C6H12N4/c1-10(2,3)9-7-5-4-6-8-9;1-9(2,3)8-6-4-5-7-10-8;1-8(2,3)7-5-6-10(4)9-7;1-8(2,3)7-9-5-4-6-10-7;1-6-5-7(9-10-6)8(2,3)4;2*1-7(2,3)6-8-4-5-9-6;1-6(2,3)5-7-9-10(4)8-5/h4-8H,1-3H3;4-7H,1-3H3;5-6H,1-4H3;4-6H,1-3H3;5H,1-4H3;2*4-5H,1-3H3;1-4H3/p+1. The molecule has 430 valence electrons. The molecule has 1 aromatic carbocycles. The van der Waals surface area contributed by atoms with E-state index in [0.717, 1.165) is 40.4 Å². The minimum atomic E-state index is 0.0394. The second kappa shape index (κ2) is 30.2. The molecule has 8 aromatic rings. The molecule has 0 radical (unpaired) electrons. The molecule has 0 amide bonds. The summed E-state index contributed by atoms with van der Waals surface area (Å²) in [4.78, 5) is 22.4. The summed E-state index contributed by atoms with van der Waals surface area (Å²) in [5.41, 5.74) is 5.86. The first-order chi connectivity index (χ1) is 35.5. The van der Waals surface area contributed by atoms with Crippen LogP contribution in [0.15, 0.2) is 124 Å². The van der Waals surface area contributed by atoms with Crippen molar-refractivity contribution in [3.8, 4) is 0 Å². The van der Waals surface area contributed by atoms with Crippen molar-refractivity contribution < 1.29 is 13.7 Å². The van der Waals surface area contributed by atoms with Crippen LogP contribution in [0.2, 0.25) is 0 Å². The third kappa shape index (κ3) is 29.0. The van der Waals surface area contributed by atoms with Crippen molar-refractivity contribution in [3.05, 3.63) is 167 Å². The number of aryl methyl sites for hydroxylation is 3. The Labute approximate surface area is 475 Å². The highest BCUT2D eigenvalue weighted by molar-refractivity contribution is 7.09. The molecule has 0 unspecified atom stereocenters. The number of nitrogens with zero attached hydrogens (tertiary/aromatic N) is 11. The van der Waals surface area contributed by atoms with Gasteiger partial charge in [-0.25, -0.2) is 19.9 Å². The van der Waals surface area contributed by atoms with Gasteiger partial charge in [-0.05, 0) is 52.5 Å². The maximum atomic E-state index is 5.09. The number of thiazole rings is 1. The van der Waals surface area contributed by atoms with Crippen molar-refractivity contribution in [3.63, 3.8) is 0 Å². The van der Waals surface area contributed by atoms with Crippen LogP contribution in [0.4, 0.5) is 0 Å². The fourth-order valence-electron chi connectivity index (χ4n) is 5.78. The number of H-pyrrole nitrogens is 1. The first kappa shape index (κ1) is 69.8. The summed E-state index contributed by atoms with van der Waals surface area (Å²) in [7, 11) is 3.76. The maximum absolute atomic E-state index is 5.09. The Hall–Kier alpha value is -6.22. The molecule has 0 saturated carbocycles. The van der Waals surface area contributed by atoms with Crippen LogP contribution in [0.3, 0.4) is 0 Å². The zero-order valence-corrected chi connectivity index (χ0v) is 53.9. The smallest absolute Gasteiger partial charge is 0.313 e. The Bertz CT molecular complexity index is 2480. The molecule has 7 heterocycles. The van der Waals surface area contributed by atoms with Gasteiger partial charge in [0.05, 0.1) is 33.1 Å². The molecule has 0 aliphatic heterocycles. The molecule has 8 rings (SSSR count). The van der Waals surface area contributed by atoms with Gasteiger partial charge in [-0.2, -0.15) is 5.10 Å². The van der Waals surface area contributed by atoms with Gasteiger partial charge < -0.3 is 8.94 Å². The minimum Gasteiger partial charge on any atom is -0.448 e. The van der Waals surface area contributed by atoms with Gasteiger partial charge in [0.15, 0.2) is 5.89 Å². The Kier molecular flexibility index (Phi) is 27.0. The van der Waals surface area contributed by atoms with Crippen LogP contribution < -0.4 is 4.80 Å². The van der Waals surface area contributed by atoms with E-state index >= 15 is 0 Å². The number of rotatable bonds is 0. The summed E-state index contributed by atoms with van der Waals surface area (Å²) in [5.74, 6) is 3.41. The van der Waals surface area contributed by atoms with Gasteiger partial charge in [0.2, 0.25) is 0 Å². The summed E-state index contributed by atoms with van der Waals surface area (Å²) in [6.07, 6.45) is 12.5. The number of hydrogen-bond donors (Lipinski definition) is 1. The quantitative estimate of drug-likeness (QED) is 0.144. The molecule has 15 heteroatoms. The van der Waals surface area contributed by atoms with Crippen LogP contribution >= 0.6 is 11.3 Å². The lowest BCUT2D eigenvalue weighted by atomic mass is 9.87. The monoisotopic (exact) mass is 1090 g/mol. The van der Waals surface area contributed by atoms with Gasteiger partial charge >= 0.3 is 5.82 Å². The van der Waals surface area contributed by atoms with E-state index < -0.39 is 0 Å². The Morgan fingerprint density at radius 1 is 0.500 bits per heavy atom. The van der Waals surface area contributed by atoms with Crippen molar-refractivity contribution in [2.24, 2.45) is 14.1 Å². The number of nitrogens with one attached hydrogen (secondary N) is 1. The average molecular weight is 1090 g/mol. The molecule has 0 atom stereocenters. The van der Waals surface area contributed by atoms with Gasteiger partial charge in [-0.3, -0.25) is 9.67 Å². The fraction of sp³-hybridized carbons (Fsp3) is 0.556. The zero-order valence-electron chi connectivity index (χ0n) is 53.1. The number of benzene rings is 1. The van der Waals surface area contributed by atoms with E-state index in [1.807, 2.05) is 73.9 Å². The average Bonchev–Trinajstić information content (AvgIpc) is 4.19. The minimum absolute atomic E-state index is 0.0394. The van der Waals surface area contributed by atoms with Crippen molar-refractivity contribution in [1.82, 2.24) is 55.3 Å². The van der Waals surface area contributed by atoms with Gasteiger partial charge in [0.25, 0.3) is 0 Å². The summed E-state index contributed by atoms with van der Waals surface area (Å²) in [5, 5.41) is 22.3. The van der Waals surface area contributed by atoms with Crippen LogP contribution in [0.5, 0.6) is 0 Å². The van der Waals surface area contributed by atoms with E-state index in [-0.39, 0.29) is 37.9 Å². The zero-order chi connectivity index (χ0) is 60.0. The Morgan fingerprint density at radius 2 is 1.04 bits per heavy atom. The number of oxazole rings is 1. The van der Waals surface area contributed by atoms with Crippen LogP contribution in [0.25, 0.3) is 0 Å². The van der Waals surface area contributed by atoms with E-state index in [2.05, 4.69) is 259 Å². The first-order valence-corrected chi connectivity index (χ1v) is 27.7. The third-order valence-corrected chi connectivity index (χ3v) is 11.8. The number of tetrazole rings is 1. The molecule has 14 nitrogen and oxygen atoms in total. The largest absolute Gasteiger partial charge is 0.448 e. The van der Waals surface area contributed by atoms with E-state index in [9.17, 15) is 0 Å². The third-order valence-electron chi connectivity index (χ3n) is 10.6. The van der Waals surface area contributed by atoms with Crippen molar-refractivity contribution >= 4 is 11.3 Å². The maximum Gasteiger partial charge on any atom is 0.313 e. The molecule has 0 aliphatic carbocycles. The topological polar surface area (TPSA) is 167 Å². The molecule has 0 bridgehead atoms. The second-order valence-electron chi connectivity index (χ2n) is 27.2. The van der Waals surface area contributed by atoms with E-state index in [1.54, 1.807) is 41.0 Å². The second-order valence-corrected chi connectivity index (χ2v) is 28.1. The highest BCUT2D eigenvalue weighted by Gasteiger charge is 2.25. The molecule has 0 saturated heterocycles. The SMILES string of the molecule is CC(C)(C)c1ccccc1.CC(C)(C)c1ccccn1.CC(C)(C)c1ncccn1.CC(C)(C)c1ncco1.CC(C)(C)c1nccs1.C[n+]1nc(C(C)(C)C)n[nH]1.Cc1cc(C(C)(C)C)no1.Cn1ccc(C(C)(C)C)n1. The molecular formula is C63H101N12O2S+. The molecule has 1 N–H and O–H groups in total. The predicted octanol–water partition coefficient (Wildman–Crippen LogP) is 15.5. The lowest BCUT2D eigenvalue weighted by Crippen LogP contribution is -2.34. The molecule has 78 heavy (non-hydrogen) atoms. The summed E-state index contributed by atoms with van der Waals surface area (Å²) in [6, 6.07) is 22.4. The van der Waals surface area contributed by atoms with E-state index in [0.29, 0.717) is 5.41 Å². The molecule has 0 aliphatic rings. The lowest BCUT2D eigenvalue weighted by Gasteiger charge is -2.18. The van der Waals surface area contributed by atoms with Crippen LogP contribution in [-0.4, -0.2) is 55.3 Å². The van der Waals surface area contributed by atoms with Gasteiger partial charge in [-0.1, -0.05) is 213 Å². The van der Waals surface area contributed by atoms with Gasteiger partial charge in [0, 0.05) is 87.7 Å². The normalized spacial score (nSPS) is 11.8. The Morgan fingerprint density at radius 3 is 1.28 bits per heavy atom. The predicted molar refractivity (Wildman–Crippen MR) is 323 cm³/mol. The molecular weight excluding hydrogens is 989 g/mol. The lowest BCUT2D eigenvalue weighted by molar-refractivity contribution is -0.784. The number of aromatic nitrogens is 12. The van der Waals surface area contributed by atoms with Crippen LogP contribution in [-0.2, 0) is 57.4 Å². The highest BCUT2D eigenvalue weighted by atomic mass is 32.1. The van der Waals surface area contributed by atoms with Crippen molar-refractivity contribution in [2.45, 2.75) is 216 Å². The van der Waals surface area contributed by atoms with Crippen LogP contribution in [0, 0.1) is 6.92 Å². The summed E-state index contributed by atoms with van der Waals surface area (Å²) < 4.78 is 11.9. The summed E-state index contributed by atoms with van der Waals surface area (Å²) in [6.45, 7) is 53.2. The van der Waals surface area contributed by atoms with Crippen LogP contribution in [0.1, 0.15) is 217 Å². The van der Waals surface area contributed by atoms with Gasteiger partial charge in [0.1, 0.15) is 24.9 Å². The number of hydrogen-bond acceptors (Lipinski definition) is 12. The first-order valence-electron chi connectivity index (χ1n) is 26.8. The summed E-state index contributed by atoms with van der Waals surface area (Å²) >= 11 is 1.72. The van der Waals surface area contributed by atoms with E-state index in [4.69, 9.17) is 8.94 Å². The van der Waals surface area contributed by atoms with Gasteiger partial charge in [-0.15, -0.1) is 11.3 Å². The van der Waals surface area contributed by atoms with E-state index in [1.165, 1.54) is 10.6 Å².